The van der Waals surface area contributed by atoms with E-state index in [2.05, 4.69) is 19.9 Å². The van der Waals surface area contributed by atoms with Crippen LogP contribution < -0.4 is 9.46 Å². The van der Waals surface area contributed by atoms with Crippen molar-refractivity contribution in [2.75, 3.05) is 18.9 Å². The average Bonchev–Trinajstić information content (AvgIpc) is 3.41. The Morgan fingerprint density at radius 3 is 2.59 bits per heavy atom. The number of fused-ring (bicyclic) bond motifs is 1. The number of anilines is 1. The maximum atomic E-state index is 13.1. The van der Waals surface area contributed by atoms with E-state index in [0.717, 1.165) is 5.39 Å². The molecule has 0 saturated carbocycles. The van der Waals surface area contributed by atoms with Gasteiger partial charge in [-0.1, -0.05) is 0 Å². The molecule has 11 nitrogen and oxygen atoms in total. The second kappa shape index (κ2) is 7.96. The van der Waals surface area contributed by atoms with Crippen LogP contribution in [0.1, 0.15) is 15.9 Å². The predicted molar refractivity (Wildman–Crippen MR) is 116 cm³/mol. The van der Waals surface area contributed by atoms with E-state index in [1.807, 2.05) is 0 Å². The van der Waals surface area contributed by atoms with Crippen LogP contribution in [0.2, 0.25) is 0 Å². The summed E-state index contributed by atoms with van der Waals surface area (Å²) in [5.74, 6) is 0.198. The van der Waals surface area contributed by atoms with Gasteiger partial charge in [0.05, 0.1) is 43.9 Å². The summed E-state index contributed by atoms with van der Waals surface area (Å²) in [7, 11) is 0.444. The van der Waals surface area contributed by atoms with Crippen LogP contribution in [0.5, 0.6) is 5.75 Å². The lowest BCUT2D eigenvalue weighted by Crippen LogP contribution is -2.14. The summed E-state index contributed by atoms with van der Waals surface area (Å²) in [5, 5.41) is 9.05. The Kier molecular flexibility index (Phi) is 5.30. The minimum Gasteiger partial charge on any atom is -0.494 e. The first-order chi connectivity index (χ1) is 15.2. The number of nitrogens with zero attached hydrogens (tertiary/aromatic N) is 5. The summed E-state index contributed by atoms with van der Waals surface area (Å²) in [5.41, 5.74) is 1.78. The zero-order valence-corrected chi connectivity index (χ0v) is 18.5. The zero-order chi connectivity index (χ0) is 23.0. The van der Waals surface area contributed by atoms with E-state index >= 15 is 0 Å². The standard InChI is InChI=1S/C20H20N6O5S/c1-12-7-17(21-10-15(12)20(27)31-4)26-11-14(9-23-26)32(28,29)24-18-16(30-3)6-5-13-8-22-25(2)19(13)18/h5-11,24H,1-4H3. The van der Waals surface area contributed by atoms with Crippen LogP contribution in [0.3, 0.4) is 0 Å². The third kappa shape index (κ3) is 3.64. The number of pyridine rings is 1. The fourth-order valence-corrected chi connectivity index (χ4v) is 4.28. The third-order valence-corrected chi connectivity index (χ3v) is 6.23. The maximum absolute atomic E-state index is 13.1. The molecule has 0 amide bonds. The fourth-order valence-electron chi connectivity index (χ4n) is 3.27. The largest absolute Gasteiger partial charge is 0.494 e. The summed E-state index contributed by atoms with van der Waals surface area (Å²) in [6.07, 6.45) is 5.54. The smallest absolute Gasteiger partial charge is 0.339 e. The molecule has 0 saturated heterocycles. The lowest BCUT2D eigenvalue weighted by Gasteiger charge is -2.13. The number of hydrogen-bond acceptors (Lipinski definition) is 8. The summed E-state index contributed by atoms with van der Waals surface area (Å²) in [4.78, 5) is 15.9. The minimum absolute atomic E-state index is 0.0739. The zero-order valence-electron chi connectivity index (χ0n) is 17.7. The van der Waals surface area contributed by atoms with Crippen LogP contribution in [0.4, 0.5) is 5.69 Å². The van der Waals surface area contributed by atoms with Crippen molar-refractivity contribution in [2.24, 2.45) is 7.05 Å². The van der Waals surface area contributed by atoms with Crippen molar-refractivity contribution in [1.29, 1.82) is 0 Å². The third-order valence-electron chi connectivity index (χ3n) is 4.93. The van der Waals surface area contributed by atoms with Crippen molar-refractivity contribution in [1.82, 2.24) is 24.5 Å². The molecule has 1 aromatic carbocycles. The first-order valence-electron chi connectivity index (χ1n) is 9.36. The number of carbonyl (C=O) groups excluding carboxylic acids is 1. The van der Waals surface area contributed by atoms with Gasteiger partial charge in [0, 0.05) is 18.6 Å². The monoisotopic (exact) mass is 456 g/mol. The molecular formula is C20H20N6O5S. The van der Waals surface area contributed by atoms with Gasteiger partial charge in [0.15, 0.2) is 5.82 Å². The van der Waals surface area contributed by atoms with Crippen LogP contribution >= 0.6 is 0 Å². The quantitative estimate of drug-likeness (QED) is 0.436. The summed E-state index contributed by atoms with van der Waals surface area (Å²) >= 11 is 0. The highest BCUT2D eigenvalue weighted by atomic mass is 32.2. The molecule has 32 heavy (non-hydrogen) atoms. The van der Waals surface area contributed by atoms with Gasteiger partial charge < -0.3 is 9.47 Å². The molecule has 3 aromatic heterocycles. The highest BCUT2D eigenvalue weighted by molar-refractivity contribution is 7.92. The van der Waals surface area contributed by atoms with E-state index in [9.17, 15) is 13.2 Å². The number of esters is 1. The number of nitrogens with one attached hydrogen (secondary N) is 1. The number of benzene rings is 1. The van der Waals surface area contributed by atoms with E-state index < -0.39 is 16.0 Å². The van der Waals surface area contributed by atoms with Crippen LogP contribution in [0.25, 0.3) is 16.7 Å². The van der Waals surface area contributed by atoms with E-state index in [4.69, 9.17) is 9.47 Å². The molecule has 0 spiro atoms. The van der Waals surface area contributed by atoms with Crippen LogP contribution in [-0.4, -0.2) is 53.2 Å². The molecule has 4 aromatic rings. The molecule has 0 aliphatic rings. The second-order valence-electron chi connectivity index (χ2n) is 6.92. The lowest BCUT2D eigenvalue weighted by atomic mass is 10.1. The van der Waals surface area contributed by atoms with Gasteiger partial charge in [-0.15, -0.1) is 0 Å². The molecule has 12 heteroatoms. The van der Waals surface area contributed by atoms with Crippen molar-refractivity contribution in [3.8, 4) is 11.6 Å². The summed E-state index contributed by atoms with van der Waals surface area (Å²) in [6.45, 7) is 1.72. The van der Waals surface area contributed by atoms with Crippen LogP contribution in [0, 0.1) is 6.92 Å². The van der Waals surface area contributed by atoms with Gasteiger partial charge in [-0.2, -0.15) is 10.2 Å². The molecule has 0 aliphatic heterocycles. The van der Waals surface area contributed by atoms with Crippen molar-refractivity contribution in [3.05, 3.63) is 54.1 Å². The lowest BCUT2D eigenvalue weighted by molar-refractivity contribution is 0.0599. The number of aromatic nitrogens is 5. The Hall–Kier alpha value is -3.93. The Bertz CT molecular complexity index is 1440. The fraction of sp³-hybridized carbons (Fsp3) is 0.200. The average molecular weight is 456 g/mol. The molecule has 0 bridgehead atoms. The number of carbonyl (C=O) groups is 1. The predicted octanol–water partition coefficient (Wildman–Crippen LogP) is 2.06. The highest BCUT2D eigenvalue weighted by Crippen LogP contribution is 2.34. The van der Waals surface area contributed by atoms with Gasteiger partial charge in [-0.05, 0) is 30.7 Å². The molecule has 0 unspecified atom stereocenters. The molecular weight excluding hydrogens is 436 g/mol. The van der Waals surface area contributed by atoms with Crippen LogP contribution in [-0.2, 0) is 21.8 Å². The van der Waals surface area contributed by atoms with E-state index in [1.54, 1.807) is 43.0 Å². The number of sulfonamides is 1. The molecule has 4 rings (SSSR count). The van der Waals surface area contributed by atoms with Gasteiger partial charge in [0.2, 0.25) is 0 Å². The summed E-state index contributed by atoms with van der Waals surface area (Å²) < 4.78 is 41.7. The molecule has 166 valence electrons. The number of hydrogen-bond donors (Lipinski definition) is 1. The van der Waals surface area contributed by atoms with Gasteiger partial charge in [0.1, 0.15) is 16.3 Å². The highest BCUT2D eigenvalue weighted by Gasteiger charge is 2.22. The minimum atomic E-state index is -4.01. The van der Waals surface area contributed by atoms with Crippen molar-refractivity contribution in [3.63, 3.8) is 0 Å². The van der Waals surface area contributed by atoms with Gasteiger partial charge in [-0.25, -0.2) is 22.9 Å². The van der Waals surface area contributed by atoms with Gasteiger partial charge >= 0.3 is 5.97 Å². The van der Waals surface area contributed by atoms with E-state index in [-0.39, 0.29) is 10.6 Å². The molecule has 0 atom stereocenters. The molecule has 0 aliphatic carbocycles. The maximum Gasteiger partial charge on any atom is 0.339 e. The SMILES string of the molecule is COC(=O)c1cnc(-n2cc(S(=O)(=O)Nc3c(OC)ccc4cnn(C)c34)cn2)cc1C. The molecule has 1 N–H and O–H groups in total. The Morgan fingerprint density at radius 2 is 1.91 bits per heavy atom. The number of rotatable bonds is 6. The Balaban J connectivity index is 1.69. The van der Waals surface area contributed by atoms with Crippen LogP contribution in [0.15, 0.2) is 47.9 Å². The Morgan fingerprint density at radius 1 is 1.12 bits per heavy atom. The van der Waals surface area contributed by atoms with Gasteiger partial charge in [0.25, 0.3) is 10.0 Å². The van der Waals surface area contributed by atoms with E-state index in [0.29, 0.717) is 28.2 Å². The molecule has 3 heterocycles. The van der Waals surface area contributed by atoms with Crippen molar-refractivity contribution < 1.29 is 22.7 Å². The number of ether oxygens (including phenoxy) is 2. The molecule has 0 fully saturated rings. The Labute approximate surface area is 183 Å². The van der Waals surface area contributed by atoms with E-state index in [1.165, 1.54) is 37.5 Å². The topological polar surface area (TPSA) is 130 Å². The number of methoxy groups -OCH3 is 2. The second-order valence-corrected chi connectivity index (χ2v) is 8.61. The normalized spacial score (nSPS) is 11.5. The first kappa shape index (κ1) is 21.3. The molecule has 0 radical (unpaired) electrons. The summed E-state index contributed by atoms with van der Waals surface area (Å²) in [6, 6.07) is 5.08. The van der Waals surface area contributed by atoms with Crippen molar-refractivity contribution >= 4 is 32.6 Å². The number of aryl methyl sites for hydroxylation is 2. The van der Waals surface area contributed by atoms with Crippen molar-refractivity contribution in [2.45, 2.75) is 11.8 Å². The van der Waals surface area contributed by atoms with Gasteiger partial charge in [-0.3, -0.25) is 9.40 Å². The first-order valence-corrected chi connectivity index (χ1v) is 10.8.